The Morgan fingerprint density at radius 1 is 0.909 bits per heavy atom. The van der Waals surface area contributed by atoms with Crippen LogP contribution in [-0.4, -0.2) is 14.1 Å². The lowest BCUT2D eigenvalue weighted by Gasteiger charge is -2.58. The molecule has 7 rings (SSSR count). The summed E-state index contributed by atoms with van der Waals surface area (Å²) in [6.07, 6.45) is 22.7. The maximum absolute atomic E-state index is 4.31. The van der Waals surface area contributed by atoms with Crippen LogP contribution in [0.15, 0.2) is 73.0 Å². The SMILES string of the molecule is C[C@]12CC[C@@H](n3ccnc3)CC1=CCC1C2CC[C@]2(C)C(n3ccc4ccccc43)=CCC12. The third kappa shape index (κ3) is 2.71. The standard InChI is InChI=1S/C30H35N3/c1-29-14-11-23(32-18-16-31-20-32)19-22(29)7-8-24-25-9-10-28(30(25,2)15-12-26(24)29)33-17-13-21-5-3-4-6-27(21)33/h3-7,10,13,16-18,20,23-26H,8-9,11-12,14-15,19H2,1-2H3/t23-,24?,25?,26?,29+,30+/m1/s1. The van der Waals surface area contributed by atoms with Crippen LogP contribution in [0.3, 0.4) is 0 Å². The van der Waals surface area contributed by atoms with Crippen LogP contribution in [0.1, 0.15) is 64.8 Å². The largest absolute Gasteiger partial charge is 0.334 e. The number of imidazole rings is 1. The summed E-state index contributed by atoms with van der Waals surface area (Å²) in [5.41, 5.74) is 5.36. The molecular formula is C30H35N3. The number of hydrogen-bond donors (Lipinski definition) is 0. The second-order valence-corrected chi connectivity index (χ2v) is 11.7. The first kappa shape index (κ1) is 19.9. The monoisotopic (exact) mass is 437 g/mol. The van der Waals surface area contributed by atoms with E-state index in [4.69, 9.17) is 0 Å². The minimum absolute atomic E-state index is 0.290. The third-order valence-electron chi connectivity index (χ3n) is 10.4. The molecule has 0 saturated heterocycles. The van der Waals surface area contributed by atoms with E-state index in [-0.39, 0.29) is 0 Å². The molecule has 1 aromatic carbocycles. The Morgan fingerprint density at radius 3 is 2.67 bits per heavy atom. The molecule has 2 fully saturated rings. The van der Waals surface area contributed by atoms with Gasteiger partial charge in [0, 0.05) is 35.7 Å². The molecule has 0 aliphatic heterocycles. The lowest BCUT2D eigenvalue weighted by molar-refractivity contribution is -0.0151. The van der Waals surface area contributed by atoms with Gasteiger partial charge in [0.15, 0.2) is 0 Å². The topological polar surface area (TPSA) is 22.8 Å². The zero-order valence-electron chi connectivity index (χ0n) is 20.0. The second-order valence-electron chi connectivity index (χ2n) is 11.7. The Kier molecular flexibility index (Phi) is 4.20. The molecule has 3 unspecified atom stereocenters. The van der Waals surface area contributed by atoms with Crippen LogP contribution in [0.2, 0.25) is 0 Å². The first-order valence-electron chi connectivity index (χ1n) is 13.0. The van der Waals surface area contributed by atoms with Crippen molar-refractivity contribution in [3.8, 4) is 0 Å². The maximum atomic E-state index is 4.31. The molecule has 0 spiro atoms. The van der Waals surface area contributed by atoms with E-state index in [0.717, 1.165) is 17.8 Å². The third-order valence-corrected chi connectivity index (χ3v) is 10.4. The number of hydrogen-bond acceptors (Lipinski definition) is 1. The van der Waals surface area contributed by atoms with Gasteiger partial charge < -0.3 is 9.13 Å². The Hall–Kier alpha value is -2.55. The number of benzene rings is 1. The highest BCUT2D eigenvalue weighted by atomic mass is 15.1. The van der Waals surface area contributed by atoms with Crippen molar-refractivity contribution in [3.63, 3.8) is 0 Å². The molecule has 0 N–H and O–H groups in total. The zero-order chi connectivity index (χ0) is 22.2. The van der Waals surface area contributed by atoms with Crippen LogP contribution in [-0.2, 0) is 0 Å². The average molecular weight is 438 g/mol. The molecule has 6 atom stereocenters. The van der Waals surface area contributed by atoms with Gasteiger partial charge in [-0.3, -0.25) is 0 Å². The minimum Gasteiger partial charge on any atom is -0.334 e. The van der Waals surface area contributed by atoms with Crippen LogP contribution < -0.4 is 0 Å². The van der Waals surface area contributed by atoms with Gasteiger partial charge in [-0.25, -0.2) is 4.98 Å². The summed E-state index contributed by atoms with van der Waals surface area (Å²) in [6.45, 7) is 5.20. The summed E-state index contributed by atoms with van der Waals surface area (Å²) in [7, 11) is 0. The summed E-state index contributed by atoms with van der Waals surface area (Å²) in [5.74, 6) is 2.43. The normalized spacial score (nSPS) is 37.8. The highest BCUT2D eigenvalue weighted by molar-refractivity contribution is 5.84. The Morgan fingerprint density at radius 2 is 1.79 bits per heavy atom. The first-order valence-corrected chi connectivity index (χ1v) is 13.0. The molecule has 0 amide bonds. The molecule has 3 heteroatoms. The van der Waals surface area contributed by atoms with E-state index in [1.54, 1.807) is 11.3 Å². The van der Waals surface area contributed by atoms with Gasteiger partial charge in [-0.1, -0.05) is 49.8 Å². The van der Waals surface area contributed by atoms with Crippen molar-refractivity contribution in [3.05, 3.63) is 73.0 Å². The number of fused-ring (bicyclic) bond motifs is 6. The summed E-state index contributed by atoms with van der Waals surface area (Å²) in [5, 5.41) is 1.35. The number of allylic oxidation sites excluding steroid dienone is 4. The minimum atomic E-state index is 0.290. The number of nitrogens with zero attached hydrogens (tertiary/aromatic N) is 3. The van der Waals surface area contributed by atoms with E-state index in [9.17, 15) is 0 Å². The smallest absolute Gasteiger partial charge is 0.0948 e. The van der Waals surface area contributed by atoms with Crippen molar-refractivity contribution >= 4 is 16.6 Å². The van der Waals surface area contributed by atoms with Crippen LogP contribution in [0.25, 0.3) is 16.6 Å². The van der Waals surface area contributed by atoms with Gasteiger partial charge in [-0.15, -0.1) is 0 Å². The lowest BCUT2D eigenvalue weighted by Crippen LogP contribution is -2.49. The molecule has 2 heterocycles. The van der Waals surface area contributed by atoms with Crippen LogP contribution >= 0.6 is 0 Å². The highest BCUT2D eigenvalue weighted by Crippen LogP contribution is 2.66. The average Bonchev–Trinajstić information content (AvgIpc) is 3.57. The highest BCUT2D eigenvalue weighted by Gasteiger charge is 2.57. The van der Waals surface area contributed by atoms with Crippen molar-refractivity contribution in [2.75, 3.05) is 0 Å². The molecule has 33 heavy (non-hydrogen) atoms. The van der Waals surface area contributed by atoms with Crippen molar-refractivity contribution in [2.24, 2.45) is 28.6 Å². The molecule has 3 aromatic rings. The van der Waals surface area contributed by atoms with Gasteiger partial charge in [0.05, 0.1) is 11.8 Å². The molecule has 2 aromatic heterocycles. The predicted molar refractivity (Wildman–Crippen MR) is 135 cm³/mol. The Labute approximate surface area is 197 Å². The fraction of sp³-hybridized carbons (Fsp3) is 0.500. The summed E-state index contributed by atoms with van der Waals surface area (Å²) in [6, 6.07) is 11.7. The fourth-order valence-electron chi connectivity index (χ4n) is 8.59. The lowest BCUT2D eigenvalue weighted by atomic mass is 9.47. The first-order chi connectivity index (χ1) is 16.1. The van der Waals surface area contributed by atoms with Crippen LogP contribution in [0, 0.1) is 28.6 Å². The quantitative estimate of drug-likeness (QED) is 0.381. The second kappa shape index (κ2) is 6.98. The molecular weight excluding hydrogens is 402 g/mol. The van der Waals surface area contributed by atoms with Crippen molar-refractivity contribution in [1.29, 1.82) is 0 Å². The molecule has 4 aliphatic rings. The molecule has 170 valence electrons. The Bertz CT molecular complexity index is 1260. The van der Waals surface area contributed by atoms with E-state index in [1.807, 2.05) is 12.5 Å². The van der Waals surface area contributed by atoms with Gasteiger partial charge >= 0.3 is 0 Å². The van der Waals surface area contributed by atoms with Crippen molar-refractivity contribution in [2.45, 2.75) is 64.8 Å². The van der Waals surface area contributed by atoms with E-state index in [0.29, 0.717) is 16.9 Å². The zero-order valence-corrected chi connectivity index (χ0v) is 20.0. The van der Waals surface area contributed by atoms with Crippen molar-refractivity contribution in [1.82, 2.24) is 14.1 Å². The van der Waals surface area contributed by atoms with E-state index in [1.165, 1.54) is 55.8 Å². The van der Waals surface area contributed by atoms with Crippen LogP contribution in [0.4, 0.5) is 0 Å². The van der Waals surface area contributed by atoms with E-state index >= 15 is 0 Å². The predicted octanol–water partition coefficient (Wildman–Crippen LogP) is 7.49. The van der Waals surface area contributed by atoms with Gasteiger partial charge in [0.25, 0.3) is 0 Å². The maximum Gasteiger partial charge on any atom is 0.0948 e. The number of rotatable bonds is 2. The van der Waals surface area contributed by atoms with Crippen molar-refractivity contribution < 1.29 is 0 Å². The summed E-state index contributed by atoms with van der Waals surface area (Å²) in [4.78, 5) is 4.31. The van der Waals surface area contributed by atoms with Gasteiger partial charge in [0.1, 0.15) is 0 Å². The molecule has 0 bridgehead atoms. The molecule has 4 aliphatic carbocycles. The van der Waals surface area contributed by atoms with Gasteiger partial charge in [-0.2, -0.15) is 0 Å². The number of para-hydroxylation sites is 1. The van der Waals surface area contributed by atoms with E-state index in [2.05, 4.69) is 82.8 Å². The molecule has 3 nitrogen and oxygen atoms in total. The number of aromatic nitrogens is 3. The van der Waals surface area contributed by atoms with Gasteiger partial charge in [0.2, 0.25) is 0 Å². The van der Waals surface area contributed by atoms with E-state index < -0.39 is 0 Å². The fourth-order valence-corrected chi connectivity index (χ4v) is 8.59. The Balaban J connectivity index is 1.20. The molecule has 2 saturated carbocycles. The van der Waals surface area contributed by atoms with Gasteiger partial charge in [-0.05, 0) is 85.6 Å². The van der Waals surface area contributed by atoms with Crippen LogP contribution in [0.5, 0.6) is 0 Å². The molecule has 0 radical (unpaired) electrons. The summed E-state index contributed by atoms with van der Waals surface area (Å²) < 4.78 is 4.86. The summed E-state index contributed by atoms with van der Waals surface area (Å²) >= 11 is 0.